The third kappa shape index (κ3) is 3.73. The second-order valence-corrected chi connectivity index (χ2v) is 6.37. The zero-order valence-electron chi connectivity index (χ0n) is 11.0. The van der Waals surface area contributed by atoms with Crippen molar-refractivity contribution in [1.82, 2.24) is 5.32 Å². The molecule has 0 aliphatic heterocycles. The van der Waals surface area contributed by atoms with Crippen molar-refractivity contribution in [2.24, 2.45) is 0 Å². The van der Waals surface area contributed by atoms with Crippen molar-refractivity contribution >= 4 is 21.4 Å². The predicted molar refractivity (Wildman–Crippen MR) is 78.5 cm³/mol. The zero-order valence-corrected chi connectivity index (χ0v) is 11.8. The van der Waals surface area contributed by atoms with E-state index in [-0.39, 0.29) is 16.2 Å². The molecule has 0 saturated heterocycles. The van der Waals surface area contributed by atoms with E-state index in [4.69, 9.17) is 10.8 Å². The molecule has 0 atom stereocenters. The molecule has 7 heteroatoms. The van der Waals surface area contributed by atoms with E-state index in [2.05, 4.69) is 5.32 Å². The smallest absolute Gasteiger partial charge is 0.252 e. The molecule has 2 aromatic rings. The van der Waals surface area contributed by atoms with Gasteiger partial charge in [-0.15, -0.1) is 0 Å². The second-order valence-electron chi connectivity index (χ2n) is 4.38. The summed E-state index contributed by atoms with van der Waals surface area (Å²) in [6.07, 6.45) is 0. The van der Waals surface area contributed by atoms with Crippen molar-refractivity contribution < 1.29 is 18.3 Å². The van der Waals surface area contributed by atoms with Gasteiger partial charge in [0.1, 0.15) is 11.6 Å². The molecule has 0 unspecified atom stereocenters. The number of carbonyl (C=O) groups excluding carboxylic acids is 1. The maximum Gasteiger partial charge on any atom is 0.252 e. The van der Waals surface area contributed by atoms with Crippen molar-refractivity contribution in [2.45, 2.75) is 4.90 Å². The van der Waals surface area contributed by atoms with Gasteiger partial charge in [0, 0.05) is 11.3 Å². The molecule has 2 aromatic carbocycles. The molecule has 0 saturated carbocycles. The lowest BCUT2D eigenvalue weighted by molar-refractivity contribution is 0.0960. The van der Waals surface area contributed by atoms with Crippen LogP contribution in [0.15, 0.2) is 53.4 Å². The van der Waals surface area contributed by atoms with Gasteiger partial charge in [-0.2, -0.15) is 0 Å². The summed E-state index contributed by atoms with van der Waals surface area (Å²) in [5.74, 6) is -1.02. The largest absolute Gasteiger partial charge is 0.508 e. The molecular weight excluding hydrogens is 292 g/mol. The Labute approximate surface area is 122 Å². The number of nitrogens with one attached hydrogen (secondary N) is 1. The van der Waals surface area contributed by atoms with E-state index in [9.17, 15) is 13.2 Å². The van der Waals surface area contributed by atoms with Crippen LogP contribution < -0.4 is 11.1 Å². The van der Waals surface area contributed by atoms with Crippen LogP contribution in [0.5, 0.6) is 5.75 Å². The second kappa shape index (κ2) is 5.84. The summed E-state index contributed by atoms with van der Waals surface area (Å²) >= 11 is 0. The van der Waals surface area contributed by atoms with E-state index in [0.717, 1.165) is 0 Å². The number of phenols is 1. The lowest BCUT2D eigenvalue weighted by Crippen LogP contribution is -2.29. The fraction of sp³-hybridized carbons (Fsp3) is 0.0714. The average molecular weight is 306 g/mol. The van der Waals surface area contributed by atoms with Gasteiger partial charge >= 0.3 is 0 Å². The Morgan fingerprint density at radius 1 is 1.05 bits per heavy atom. The number of carbonyl (C=O) groups is 1. The van der Waals surface area contributed by atoms with Gasteiger partial charge in [-0.1, -0.05) is 0 Å². The van der Waals surface area contributed by atoms with Crippen LogP contribution in [0.25, 0.3) is 0 Å². The van der Waals surface area contributed by atoms with Crippen LogP contribution in [0.1, 0.15) is 10.4 Å². The predicted octanol–water partition coefficient (Wildman–Crippen LogP) is 1.14. The van der Waals surface area contributed by atoms with Crippen LogP contribution in [0.2, 0.25) is 0 Å². The fourth-order valence-electron chi connectivity index (χ4n) is 1.63. The topological polar surface area (TPSA) is 109 Å². The number of aromatic hydroxyl groups is 1. The summed E-state index contributed by atoms with van der Waals surface area (Å²) in [4.78, 5) is 11.9. The lowest BCUT2D eigenvalue weighted by Gasteiger charge is -2.07. The highest BCUT2D eigenvalue weighted by Crippen LogP contribution is 2.13. The standard InChI is InChI=1S/C14H14N2O4S/c15-11-3-7-13(8-4-11)21(19,20)9-16-14(18)10-1-5-12(17)6-2-10/h1-8,17H,9,15H2,(H,16,18). The summed E-state index contributed by atoms with van der Waals surface area (Å²) in [7, 11) is -3.63. The van der Waals surface area contributed by atoms with Crippen molar-refractivity contribution in [3.63, 3.8) is 0 Å². The molecule has 0 spiro atoms. The number of hydrogen-bond donors (Lipinski definition) is 3. The molecular formula is C14H14N2O4S. The van der Waals surface area contributed by atoms with Gasteiger partial charge in [0.05, 0.1) is 4.90 Å². The molecule has 0 aliphatic rings. The number of nitrogen functional groups attached to an aromatic ring is 1. The van der Waals surface area contributed by atoms with Crippen LogP contribution in [0.3, 0.4) is 0 Å². The number of benzene rings is 2. The Kier molecular flexibility index (Phi) is 4.13. The van der Waals surface area contributed by atoms with Gasteiger partial charge in [-0.3, -0.25) is 4.79 Å². The Morgan fingerprint density at radius 3 is 2.19 bits per heavy atom. The Balaban J connectivity index is 2.06. The Hall–Kier alpha value is -2.54. The molecule has 0 fully saturated rings. The third-order valence-corrected chi connectivity index (χ3v) is 4.31. The highest BCUT2D eigenvalue weighted by atomic mass is 32.2. The normalized spacial score (nSPS) is 11.0. The first kappa shape index (κ1) is 14.9. The molecule has 21 heavy (non-hydrogen) atoms. The van der Waals surface area contributed by atoms with Gasteiger partial charge in [-0.25, -0.2) is 8.42 Å². The molecule has 0 radical (unpaired) electrons. The lowest BCUT2D eigenvalue weighted by atomic mass is 10.2. The molecule has 4 N–H and O–H groups in total. The van der Waals surface area contributed by atoms with E-state index in [1.54, 1.807) is 0 Å². The molecule has 0 aliphatic carbocycles. The number of sulfone groups is 1. The molecule has 0 aromatic heterocycles. The molecule has 6 nitrogen and oxygen atoms in total. The molecule has 110 valence electrons. The van der Waals surface area contributed by atoms with Gasteiger partial charge in [0.15, 0.2) is 9.84 Å². The van der Waals surface area contributed by atoms with Crippen LogP contribution in [-0.4, -0.2) is 25.3 Å². The number of anilines is 1. The minimum atomic E-state index is -3.63. The molecule has 0 heterocycles. The van der Waals surface area contributed by atoms with Gasteiger partial charge in [-0.05, 0) is 48.5 Å². The van der Waals surface area contributed by atoms with Crippen LogP contribution >= 0.6 is 0 Å². The number of phenolic OH excluding ortho intramolecular Hbond substituents is 1. The average Bonchev–Trinajstić information content (AvgIpc) is 2.46. The number of amides is 1. The Bertz CT molecular complexity index is 738. The number of hydrogen-bond acceptors (Lipinski definition) is 5. The first-order chi connectivity index (χ1) is 9.88. The van der Waals surface area contributed by atoms with Crippen molar-refractivity contribution in [2.75, 3.05) is 11.6 Å². The quantitative estimate of drug-likeness (QED) is 0.734. The van der Waals surface area contributed by atoms with Gasteiger partial charge in [0.2, 0.25) is 0 Å². The van der Waals surface area contributed by atoms with Crippen LogP contribution in [0.4, 0.5) is 5.69 Å². The fourth-order valence-corrected chi connectivity index (χ4v) is 2.67. The number of nitrogens with two attached hydrogens (primary N) is 1. The monoisotopic (exact) mass is 306 g/mol. The molecule has 0 bridgehead atoms. The van der Waals surface area contributed by atoms with Crippen molar-refractivity contribution in [3.05, 3.63) is 54.1 Å². The van der Waals surface area contributed by atoms with E-state index in [1.165, 1.54) is 48.5 Å². The minimum Gasteiger partial charge on any atom is -0.508 e. The van der Waals surface area contributed by atoms with Gasteiger partial charge in [0.25, 0.3) is 5.91 Å². The number of rotatable bonds is 4. The van der Waals surface area contributed by atoms with Gasteiger partial charge < -0.3 is 16.2 Å². The highest BCUT2D eigenvalue weighted by molar-refractivity contribution is 7.91. The molecule has 1 amide bonds. The first-order valence-electron chi connectivity index (χ1n) is 6.04. The Morgan fingerprint density at radius 2 is 1.62 bits per heavy atom. The van der Waals surface area contributed by atoms with E-state index >= 15 is 0 Å². The summed E-state index contributed by atoms with van der Waals surface area (Å²) < 4.78 is 24.1. The van der Waals surface area contributed by atoms with Crippen LogP contribution in [0, 0.1) is 0 Å². The van der Waals surface area contributed by atoms with E-state index in [0.29, 0.717) is 5.69 Å². The SMILES string of the molecule is Nc1ccc(S(=O)(=O)CNC(=O)c2ccc(O)cc2)cc1. The summed E-state index contributed by atoms with van der Waals surface area (Å²) in [6, 6.07) is 11.2. The van der Waals surface area contributed by atoms with Crippen molar-refractivity contribution in [3.8, 4) is 5.75 Å². The maximum atomic E-state index is 12.0. The van der Waals surface area contributed by atoms with E-state index < -0.39 is 21.6 Å². The zero-order chi connectivity index (χ0) is 15.5. The third-order valence-electron chi connectivity index (χ3n) is 2.79. The summed E-state index contributed by atoms with van der Waals surface area (Å²) in [5, 5.41) is 11.5. The molecule has 2 rings (SSSR count). The van der Waals surface area contributed by atoms with E-state index in [1.807, 2.05) is 0 Å². The first-order valence-corrected chi connectivity index (χ1v) is 7.69. The minimum absolute atomic E-state index is 0.0287. The summed E-state index contributed by atoms with van der Waals surface area (Å²) in [5.41, 5.74) is 6.22. The van der Waals surface area contributed by atoms with Crippen LogP contribution in [-0.2, 0) is 9.84 Å². The summed E-state index contributed by atoms with van der Waals surface area (Å²) in [6.45, 7) is 0. The van der Waals surface area contributed by atoms with Crippen molar-refractivity contribution in [1.29, 1.82) is 0 Å². The highest BCUT2D eigenvalue weighted by Gasteiger charge is 2.16. The maximum absolute atomic E-state index is 12.0.